The normalized spacial score (nSPS) is 12.1. The Labute approximate surface area is 233 Å². The highest BCUT2D eigenvalue weighted by Gasteiger charge is 2.22. The number of sulfonamides is 1. The number of rotatable bonds is 10. The summed E-state index contributed by atoms with van der Waals surface area (Å²) in [6.07, 6.45) is 0. The Morgan fingerprint density at radius 1 is 0.925 bits per heavy atom. The van der Waals surface area contributed by atoms with Gasteiger partial charge in [-0.15, -0.1) is 0 Å². The molecule has 5 aromatic rings. The number of H-pyrrole nitrogens is 1. The van der Waals surface area contributed by atoms with Crippen LogP contribution >= 0.6 is 0 Å². The van der Waals surface area contributed by atoms with Gasteiger partial charge in [0.05, 0.1) is 21.9 Å². The number of aromatic hydroxyl groups is 1. The Bertz CT molecular complexity index is 1730. The first-order valence-corrected chi connectivity index (χ1v) is 14.2. The largest absolute Gasteiger partial charge is 0.494 e. The van der Waals surface area contributed by atoms with Crippen LogP contribution in [0, 0.1) is 0 Å². The second kappa shape index (κ2) is 11.6. The lowest BCUT2D eigenvalue weighted by atomic mass is 10.0. The molecule has 0 radical (unpaired) electrons. The van der Waals surface area contributed by atoms with Crippen molar-refractivity contribution in [2.75, 3.05) is 32.0 Å². The van der Waals surface area contributed by atoms with Crippen LogP contribution in [0.25, 0.3) is 10.9 Å². The number of aromatic nitrogens is 1. The Hall–Kier alpha value is -4.60. The number of anilines is 1. The molecule has 1 aromatic heterocycles. The third kappa shape index (κ3) is 6.17. The van der Waals surface area contributed by atoms with Crippen molar-refractivity contribution in [3.8, 4) is 11.6 Å². The molecule has 8 nitrogen and oxygen atoms in total. The predicted octanol–water partition coefficient (Wildman–Crippen LogP) is 5.78. The molecular formula is C31H30N4O4S. The number of nitrogens with zero attached hydrogens (tertiary/aromatic N) is 2. The SMILES string of the molecule is CN(C)CCOc1ccc(N=C(c2ccccc2)c2c(O)[nH]c3ccc(S(=O)(=O)Nc4ccccc4)cc23)cc1. The van der Waals surface area contributed by atoms with E-state index in [1.54, 1.807) is 36.4 Å². The predicted molar refractivity (Wildman–Crippen MR) is 159 cm³/mol. The van der Waals surface area contributed by atoms with E-state index in [0.717, 1.165) is 17.9 Å². The zero-order valence-electron chi connectivity index (χ0n) is 22.2. The van der Waals surface area contributed by atoms with Crippen LogP contribution in [0.3, 0.4) is 0 Å². The number of likely N-dealkylation sites (N-methyl/N-ethyl adjacent to an activating group) is 1. The van der Waals surface area contributed by atoms with Crippen LogP contribution < -0.4 is 9.46 Å². The van der Waals surface area contributed by atoms with E-state index in [0.29, 0.717) is 40.2 Å². The number of hydrogen-bond donors (Lipinski definition) is 3. The lowest BCUT2D eigenvalue weighted by molar-refractivity contribution is 0.261. The first kappa shape index (κ1) is 27.0. The molecule has 0 fully saturated rings. The van der Waals surface area contributed by atoms with Gasteiger partial charge >= 0.3 is 0 Å². The maximum atomic E-state index is 13.2. The summed E-state index contributed by atoms with van der Waals surface area (Å²) < 4.78 is 34.8. The first-order chi connectivity index (χ1) is 19.3. The van der Waals surface area contributed by atoms with Gasteiger partial charge in [-0.3, -0.25) is 4.72 Å². The fraction of sp³-hybridized carbons (Fsp3) is 0.129. The number of fused-ring (bicyclic) bond motifs is 1. The number of benzene rings is 4. The summed E-state index contributed by atoms with van der Waals surface area (Å²) in [5.41, 5.74) is 3.36. The minimum absolute atomic E-state index is 0.0655. The van der Waals surface area contributed by atoms with Gasteiger partial charge in [-0.1, -0.05) is 48.5 Å². The van der Waals surface area contributed by atoms with Crippen LogP contribution in [0.1, 0.15) is 11.1 Å². The Morgan fingerprint density at radius 3 is 2.27 bits per heavy atom. The first-order valence-electron chi connectivity index (χ1n) is 12.7. The van der Waals surface area contributed by atoms with Gasteiger partial charge in [-0.2, -0.15) is 0 Å². The van der Waals surface area contributed by atoms with Gasteiger partial charge in [0.25, 0.3) is 10.0 Å². The van der Waals surface area contributed by atoms with E-state index >= 15 is 0 Å². The van der Waals surface area contributed by atoms with Crippen molar-refractivity contribution >= 4 is 38.0 Å². The third-order valence-electron chi connectivity index (χ3n) is 6.26. The van der Waals surface area contributed by atoms with Crippen molar-refractivity contribution in [1.29, 1.82) is 0 Å². The molecule has 0 bridgehead atoms. The van der Waals surface area contributed by atoms with Crippen LogP contribution in [0.15, 0.2) is 113 Å². The maximum Gasteiger partial charge on any atom is 0.261 e. The van der Waals surface area contributed by atoms with E-state index in [1.807, 2.05) is 79.7 Å². The van der Waals surface area contributed by atoms with Gasteiger partial charge in [0, 0.05) is 28.7 Å². The fourth-order valence-corrected chi connectivity index (χ4v) is 5.32. The summed E-state index contributed by atoms with van der Waals surface area (Å²) in [5, 5.41) is 11.6. The summed E-state index contributed by atoms with van der Waals surface area (Å²) in [5.74, 6) is 0.629. The molecule has 0 unspecified atom stereocenters. The molecule has 40 heavy (non-hydrogen) atoms. The lowest BCUT2D eigenvalue weighted by Gasteiger charge is -2.11. The number of nitrogens with one attached hydrogen (secondary N) is 2. The lowest BCUT2D eigenvalue weighted by Crippen LogP contribution is -2.19. The second-order valence-electron chi connectivity index (χ2n) is 9.50. The molecule has 0 aliphatic carbocycles. The zero-order valence-corrected chi connectivity index (χ0v) is 23.0. The van der Waals surface area contributed by atoms with Crippen LogP contribution in [-0.2, 0) is 10.0 Å². The van der Waals surface area contributed by atoms with E-state index < -0.39 is 10.0 Å². The number of para-hydroxylation sites is 1. The van der Waals surface area contributed by atoms with Crippen LogP contribution in [-0.4, -0.2) is 56.4 Å². The van der Waals surface area contributed by atoms with Gasteiger partial charge in [0.1, 0.15) is 12.4 Å². The molecule has 204 valence electrons. The molecule has 3 N–H and O–H groups in total. The molecular weight excluding hydrogens is 524 g/mol. The molecule has 0 aliphatic heterocycles. The van der Waals surface area contributed by atoms with Crippen molar-refractivity contribution < 1.29 is 18.3 Å². The molecule has 0 aliphatic rings. The molecule has 9 heteroatoms. The molecule has 0 saturated heterocycles. The van der Waals surface area contributed by atoms with Gasteiger partial charge in [-0.25, -0.2) is 13.4 Å². The number of ether oxygens (including phenoxy) is 1. The average Bonchev–Trinajstić information content (AvgIpc) is 3.28. The van der Waals surface area contributed by atoms with Crippen LogP contribution in [0.5, 0.6) is 11.6 Å². The van der Waals surface area contributed by atoms with Gasteiger partial charge in [0.2, 0.25) is 0 Å². The highest BCUT2D eigenvalue weighted by Crippen LogP contribution is 2.33. The topological polar surface area (TPSA) is 107 Å². The molecule has 5 rings (SSSR count). The summed E-state index contributed by atoms with van der Waals surface area (Å²) in [7, 11) is 0.0995. The van der Waals surface area contributed by atoms with E-state index in [-0.39, 0.29) is 10.8 Å². The minimum atomic E-state index is -3.88. The van der Waals surface area contributed by atoms with Crippen molar-refractivity contribution in [2.24, 2.45) is 4.99 Å². The quantitative estimate of drug-likeness (QED) is 0.190. The molecule has 0 amide bonds. The van der Waals surface area contributed by atoms with Crippen molar-refractivity contribution in [2.45, 2.75) is 4.90 Å². The minimum Gasteiger partial charge on any atom is -0.494 e. The van der Waals surface area contributed by atoms with E-state index in [4.69, 9.17) is 9.73 Å². The molecule has 0 atom stereocenters. The van der Waals surface area contributed by atoms with E-state index in [2.05, 4.69) is 9.71 Å². The van der Waals surface area contributed by atoms with Crippen molar-refractivity contribution in [1.82, 2.24) is 9.88 Å². The highest BCUT2D eigenvalue weighted by molar-refractivity contribution is 7.92. The number of hydrogen-bond acceptors (Lipinski definition) is 6. The molecule has 0 spiro atoms. The standard InChI is InChI=1S/C31H30N4O4S/c1-35(2)19-20-39-25-15-13-23(14-16-25)32-30(22-9-5-3-6-10-22)29-27-21-26(17-18-28(27)33-31(29)36)40(37,38)34-24-11-7-4-8-12-24/h3-18,21,33-34,36H,19-20H2,1-2H3. The zero-order chi connectivity index (χ0) is 28.1. The van der Waals surface area contributed by atoms with E-state index in [9.17, 15) is 13.5 Å². The summed E-state index contributed by atoms with van der Waals surface area (Å²) in [4.78, 5) is 9.98. The average molecular weight is 555 g/mol. The maximum absolute atomic E-state index is 13.2. The van der Waals surface area contributed by atoms with E-state index in [1.165, 1.54) is 6.07 Å². The van der Waals surface area contributed by atoms with Crippen LogP contribution in [0.4, 0.5) is 11.4 Å². The second-order valence-corrected chi connectivity index (χ2v) is 11.2. The Balaban J connectivity index is 1.56. The van der Waals surface area contributed by atoms with Crippen molar-refractivity contribution in [3.05, 3.63) is 114 Å². The monoisotopic (exact) mass is 554 g/mol. The number of aromatic amines is 1. The van der Waals surface area contributed by atoms with Crippen LogP contribution in [0.2, 0.25) is 0 Å². The number of aliphatic imine (C=N–C) groups is 1. The molecule has 4 aromatic carbocycles. The summed E-state index contributed by atoms with van der Waals surface area (Å²) >= 11 is 0. The Kier molecular flexibility index (Phi) is 7.86. The van der Waals surface area contributed by atoms with Crippen molar-refractivity contribution in [3.63, 3.8) is 0 Å². The highest BCUT2D eigenvalue weighted by atomic mass is 32.2. The molecule has 1 heterocycles. The fourth-order valence-electron chi connectivity index (χ4n) is 4.24. The Morgan fingerprint density at radius 2 is 1.60 bits per heavy atom. The van der Waals surface area contributed by atoms with Gasteiger partial charge in [0.15, 0.2) is 5.88 Å². The summed E-state index contributed by atoms with van der Waals surface area (Å²) in [6.45, 7) is 1.37. The van der Waals surface area contributed by atoms with Gasteiger partial charge in [-0.05, 0) is 68.7 Å². The van der Waals surface area contributed by atoms with Gasteiger partial charge < -0.3 is 19.7 Å². The third-order valence-corrected chi connectivity index (χ3v) is 7.63. The molecule has 0 saturated carbocycles. The smallest absolute Gasteiger partial charge is 0.261 e. The summed E-state index contributed by atoms with van der Waals surface area (Å²) in [6, 6.07) is 30.3.